The Morgan fingerprint density at radius 1 is 1.47 bits per heavy atom. The fourth-order valence-corrected chi connectivity index (χ4v) is 1.63. The molecule has 5 nitrogen and oxygen atoms in total. The van der Waals surface area contributed by atoms with E-state index in [2.05, 4.69) is 10.4 Å². The van der Waals surface area contributed by atoms with Gasteiger partial charge in [0, 0.05) is 25.0 Å². The molecule has 1 aromatic carbocycles. The second-order valence-electron chi connectivity index (χ2n) is 4.20. The molecular formula is C14H16N4O. The SMILES string of the molecule is Cn1ccc(CNC(=O)/C=C/c2cccc(N)c2)n1. The molecule has 1 amide bonds. The highest BCUT2D eigenvalue weighted by molar-refractivity contribution is 5.91. The number of anilines is 1. The van der Waals surface area contributed by atoms with Gasteiger partial charge in [0.1, 0.15) is 0 Å². The van der Waals surface area contributed by atoms with E-state index in [1.807, 2.05) is 37.5 Å². The van der Waals surface area contributed by atoms with E-state index in [0.717, 1.165) is 11.3 Å². The third-order valence-electron chi connectivity index (χ3n) is 2.55. The first-order valence-electron chi connectivity index (χ1n) is 5.93. The van der Waals surface area contributed by atoms with Crippen LogP contribution in [0, 0.1) is 0 Å². The van der Waals surface area contributed by atoms with Crippen LogP contribution >= 0.6 is 0 Å². The second-order valence-corrected chi connectivity index (χ2v) is 4.20. The lowest BCUT2D eigenvalue weighted by Gasteiger charge is -1.99. The zero-order chi connectivity index (χ0) is 13.7. The first-order chi connectivity index (χ1) is 9.13. The summed E-state index contributed by atoms with van der Waals surface area (Å²) in [4.78, 5) is 11.6. The number of nitrogen functional groups attached to an aromatic ring is 1. The zero-order valence-corrected chi connectivity index (χ0v) is 10.7. The number of rotatable bonds is 4. The molecule has 1 aromatic heterocycles. The standard InChI is InChI=1S/C14H16N4O/c1-18-8-7-13(17-18)10-16-14(19)6-5-11-3-2-4-12(15)9-11/h2-9H,10,15H2,1H3,(H,16,19)/b6-5+. The molecule has 0 saturated carbocycles. The van der Waals surface area contributed by atoms with E-state index in [1.165, 1.54) is 6.08 Å². The molecule has 0 saturated heterocycles. The molecule has 0 bridgehead atoms. The van der Waals surface area contributed by atoms with Crippen molar-refractivity contribution in [3.05, 3.63) is 53.9 Å². The van der Waals surface area contributed by atoms with Gasteiger partial charge < -0.3 is 11.1 Å². The molecule has 0 spiro atoms. The van der Waals surface area contributed by atoms with E-state index in [0.29, 0.717) is 12.2 Å². The molecule has 98 valence electrons. The average Bonchev–Trinajstić information content (AvgIpc) is 2.80. The van der Waals surface area contributed by atoms with Gasteiger partial charge in [-0.05, 0) is 29.8 Å². The highest BCUT2D eigenvalue weighted by Crippen LogP contribution is 2.07. The van der Waals surface area contributed by atoms with Crippen molar-refractivity contribution in [2.75, 3.05) is 5.73 Å². The highest BCUT2D eigenvalue weighted by atomic mass is 16.1. The number of benzene rings is 1. The Labute approximate surface area is 111 Å². The summed E-state index contributed by atoms with van der Waals surface area (Å²) in [5.41, 5.74) is 8.06. The Hall–Kier alpha value is -2.56. The van der Waals surface area contributed by atoms with Crippen molar-refractivity contribution in [3.8, 4) is 0 Å². The number of carbonyl (C=O) groups is 1. The predicted octanol–water partition coefficient (Wildman–Crippen LogP) is 1.33. The molecule has 19 heavy (non-hydrogen) atoms. The maximum atomic E-state index is 11.6. The van der Waals surface area contributed by atoms with Gasteiger partial charge in [0.15, 0.2) is 0 Å². The minimum absolute atomic E-state index is 0.159. The number of nitrogens with one attached hydrogen (secondary N) is 1. The Balaban J connectivity index is 1.87. The van der Waals surface area contributed by atoms with Crippen LogP contribution in [0.4, 0.5) is 5.69 Å². The van der Waals surface area contributed by atoms with Gasteiger partial charge >= 0.3 is 0 Å². The van der Waals surface area contributed by atoms with Crippen LogP contribution in [-0.4, -0.2) is 15.7 Å². The van der Waals surface area contributed by atoms with E-state index in [-0.39, 0.29) is 5.91 Å². The second kappa shape index (κ2) is 5.86. The van der Waals surface area contributed by atoms with E-state index in [1.54, 1.807) is 16.8 Å². The van der Waals surface area contributed by atoms with Crippen LogP contribution in [0.15, 0.2) is 42.6 Å². The van der Waals surface area contributed by atoms with Gasteiger partial charge in [-0.1, -0.05) is 12.1 Å². The monoisotopic (exact) mass is 256 g/mol. The largest absolute Gasteiger partial charge is 0.399 e. The van der Waals surface area contributed by atoms with Crippen molar-refractivity contribution in [1.82, 2.24) is 15.1 Å². The van der Waals surface area contributed by atoms with Crippen LogP contribution in [0.2, 0.25) is 0 Å². The molecule has 0 aliphatic heterocycles. The summed E-state index contributed by atoms with van der Waals surface area (Å²) in [5.74, 6) is -0.159. The van der Waals surface area contributed by atoms with Gasteiger partial charge in [-0.2, -0.15) is 5.10 Å². The van der Waals surface area contributed by atoms with Crippen LogP contribution < -0.4 is 11.1 Å². The lowest BCUT2D eigenvalue weighted by molar-refractivity contribution is -0.116. The number of hydrogen-bond acceptors (Lipinski definition) is 3. The molecule has 5 heteroatoms. The minimum Gasteiger partial charge on any atom is -0.399 e. The van der Waals surface area contributed by atoms with E-state index in [9.17, 15) is 4.79 Å². The van der Waals surface area contributed by atoms with Crippen molar-refractivity contribution in [2.45, 2.75) is 6.54 Å². The Morgan fingerprint density at radius 3 is 3.00 bits per heavy atom. The summed E-state index contributed by atoms with van der Waals surface area (Å²) in [6.07, 6.45) is 5.05. The van der Waals surface area contributed by atoms with Crippen molar-refractivity contribution < 1.29 is 4.79 Å². The number of carbonyl (C=O) groups excluding carboxylic acids is 1. The summed E-state index contributed by atoms with van der Waals surface area (Å²) in [5, 5.41) is 6.94. The molecule has 0 aliphatic rings. The Bertz CT molecular complexity index is 601. The summed E-state index contributed by atoms with van der Waals surface area (Å²) < 4.78 is 1.70. The van der Waals surface area contributed by atoms with E-state index >= 15 is 0 Å². The maximum Gasteiger partial charge on any atom is 0.244 e. The van der Waals surface area contributed by atoms with E-state index < -0.39 is 0 Å². The number of amides is 1. The molecule has 0 radical (unpaired) electrons. The maximum absolute atomic E-state index is 11.6. The van der Waals surface area contributed by atoms with Gasteiger partial charge in [-0.15, -0.1) is 0 Å². The quantitative estimate of drug-likeness (QED) is 0.640. The lowest BCUT2D eigenvalue weighted by Crippen LogP contribution is -2.20. The van der Waals surface area contributed by atoms with Crippen molar-refractivity contribution in [3.63, 3.8) is 0 Å². The third-order valence-corrected chi connectivity index (χ3v) is 2.55. The first-order valence-corrected chi connectivity index (χ1v) is 5.93. The van der Waals surface area contributed by atoms with Gasteiger partial charge in [0.2, 0.25) is 5.91 Å². The minimum atomic E-state index is -0.159. The molecule has 1 heterocycles. The van der Waals surface area contributed by atoms with Gasteiger partial charge in [-0.3, -0.25) is 9.48 Å². The molecule has 0 aliphatic carbocycles. The Morgan fingerprint density at radius 2 is 2.32 bits per heavy atom. The molecule has 2 aromatic rings. The summed E-state index contributed by atoms with van der Waals surface area (Å²) in [7, 11) is 1.84. The predicted molar refractivity (Wildman–Crippen MR) is 74.9 cm³/mol. The number of hydrogen-bond donors (Lipinski definition) is 2. The normalized spacial score (nSPS) is 10.8. The van der Waals surface area contributed by atoms with Crippen LogP contribution in [0.1, 0.15) is 11.3 Å². The van der Waals surface area contributed by atoms with Crippen LogP contribution in [0.5, 0.6) is 0 Å². The van der Waals surface area contributed by atoms with E-state index in [4.69, 9.17) is 5.73 Å². The first kappa shape index (κ1) is 12.9. The molecule has 0 unspecified atom stereocenters. The zero-order valence-electron chi connectivity index (χ0n) is 10.7. The molecule has 3 N–H and O–H groups in total. The fourth-order valence-electron chi connectivity index (χ4n) is 1.63. The van der Waals surface area contributed by atoms with Crippen molar-refractivity contribution in [1.29, 1.82) is 0 Å². The highest BCUT2D eigenvalue weighted by Gasteiger charge is 1.99. The summed E-state index contributed by atoms with van der Waals surface area (Å²) in [6.45, 7) is 0.418. The number of aryl methyl sites for hydroxylation is 1. The number of nitrogens with zero attached hydrogens (tertiary/aromatic N) is 2. The van der Waals surface area contributed by atoms with Gasteiger partial charge in [-0.25, -0.2) is 0 Å². The van der Waals surface area contributed by atoms with Crippen molar-refractivity contribution >= 4 is 17.7 Å². The van der Waals surface area contributed by atoms with Crippen LogP contribution in [-0.2, 0) is 18.4 Å². The van der Waals surface area contributed by atoms with Gasteiger partial charge in [0.25, 0.3) is 0 Å². The smallest absolute Gasteiger partial charge is 0.244 e. The summed E-state index contributed by atoms with van der Waals surface area (Å²) >= 11 is 0. The average molecular weight is 256 g/mol. The fraction of sp³-hybridized carbons (Fsp3) is 0.143. The van der Waals surface area contributed by atoms with Crippen LogP contribution in [0.25, 0.3) is 6.08 Å². The number of nitrogens with two attached hydrogens (primary N) is 1. The third kappa shape index (κ3) is 3.99. The summed E-state index contributed by atoms with van der Waals surface area (Å²) in [6, 6.07) is 9.21. The molecule has 0 atom stereocenters. The Kier molecular flexibility index (Phi) is 3.97. The van der Waals surface area contributed by atoms with Crippen molar-refractivity contribution in [2.24, 2.45) is 7.05 Å². The van der Waals surface area contributed by atoms with Crippen LogP contribution in [0.3, 0.4) is 0 Å². The topological polar surface area (TPSA) is 72.9 Å². The molecule has 0 fully saturated rings. The lowest BCUT2D eigenvalue weighted by atomic mass is 10.2. The molecular weight excluding hydrogens is 240 g/mol. The van der Waals surface area contributed by atoms with Gasteiger partial charge in [0.05, 0.1) is 12.2 Å². The molecule has 2 rings (SSSR count). The number of aromatic nitrogens is 2.